The summed E-state index contributed by atoms with van der Waals surface area (Å²) in [6.45, 7) is 4.06. The van der Waals surface area contributed by atoms with E-state index in [1.54, 1.807) is 0 Å². The Kier molecular flexibility index (Phi) is 2.90. The third-order valence-corrected chi connectivity index (χ3v) is 2.28. The number of carbonyl (C=O) groups excluding carboxylic acids is 1. The predicted molar refractivity (Wildman–Crippen MR) is 47.1 cm³/mol. The van der Waals surface area contributed by atoms with E-state index in [0.717, 1.165) is 6.42 Å². The van der Waals surface area contributed by atoms with Crippen molar-refractivity contribution in [1.29, 1.82) is 0 Å². The van der Waals surface area contributed by atoms with Gasteiger partial charge in [-0.1, -0.05) is 13.8 Å². The Morgan fingerprint density at radius 1 is 1.69 bits per heavy atom. The van der Waals surface area contributed by atoms with Crippen LogP contribution in [0.5, 0.6) is 0 Å². The van der Waals surface area contributed by atoms with Crippen LogP contribution >= 0.6 is 0 Å². The van der Waals surface area contributed by atoms with E-state index in [1.165, 1.54) is 0 Å². The lowest BCUT2D eigenvalue weighted by Crippen LogP contribution is -2.37. The second-order valence-corrected chi connectivity index (χ2v) is 3.98. The van der Waals surface area contributed by atoms with Gasteiger partial charge in [-0.3, -0.25) is 4.79 Å². The first kappa shape index (κ1) is 10.0. The van der Waals surface area contributed by atoms with Gasteiger partial charge < -0.3 is 10.4 Å². The number of amides is 1. The standard InChI is InChI=1S/C9H15NO3/c1-5(2)3-6-4-7(11)10-8(6)9(12)13/h5-6,8H,3-4H2,1-2H3,(H,10,11)(H,12,13). The maximum atomic E-state index is 11.0. The smallest absolute Gasteiger partial charge is 0.326 e. The van der Waals surface area contributed by atoms with Gasteiger partial charge in [0, 0.05) is 6.42 Å². The van der Waals surface area contributed by atoms with Crippen LogP contribution in [0.1, 0.15) is 26.7 Å². The summed E-state index contributed by atoms with van der Waals surface area (Å²) in [5.41, 5.74) is 0. The minimum Gasteiger partial charge on any atom is -0.480 e. The topological polar surface area (TPSA) is 66.4 Å². The van der Waals surface area contributed by atoms with Crippen molar-refractivity contribution in [2.75, 3.05) is 0 Å². The molecular formula is C9H15NO3. The molecule has 0 bridgehead atoms. The summed E-state index contributed by atoms with van der Waals surface area (Å²) >= 11 is 0. The zero-order chi connectivity index (χ0) is 10.0. The third kappa shape index (κ3) is 2.44. The highest BCUT2D eigenvalue weighted by Gasteiger charge is 2.37. The molecule has 2 N–H and O–H groups in total. The van der Waals surface area contributed by atoms with Crippen molar-refractivity contribution >= 4 is 11.9 Å². The highest BCUT2D eigenvalue weighted by atomic mass is 16.4. The SMILES string of the molecule is CC(C)CC1CC(=O)NC1C(=O)O. The number of nitrogens with one attached hydrogen (secondary N) is 1. The largest absolute Gasteiger partial charge is 0.480 e. The van der Waals surface area contributed by atoms with Gasteiger partial charge in [-0.25, -0.2) is 4.79 Å². The number of hydrogen-bond donors (Lipinski definition) is 2. The van der Waals surface area contributed by atoms with Crippen molar-refractivity contribution in [1.82, 2.24) is 5.32 Å². The van der Waals surface area contributed by atoms with Crippen LogP contribution in [0.2, 0.25) is 0 Å². The molecule has 1 rings (SSSR count). The average molecular weight is 185 g/mol. The van der Waals surface area contributed by atoms with Gasteiger partial charge in [-0.2, -0.15) is 0 Å². The van der Waals surface area contributed by atoms with E-state index in [9.17, 15) is 9.59 Å². The summed E-state index contributed by atoms with van der Waals surface area (Å²) in [6.07, 6.45) is 1.14. The molecule has 0 aliphatic carbocycles. The van der Waals surface area contributed by atoms with E-state index < -0.39 is 12.0 Å². The summed E-state index contributed by atoms with van der Waals surface area (Å²) < 4.78 is 0. The summed E-state index contributed by atoms with van der Waals surface area (Å²) in [7, 11) is 0. The molecule has 1 saturated heterocycles. The fraction of sp³-hybridized carbons (Fsp3) is 0.778. The van der Waals surface area contributed by atoms with Crippen molar-refractivity contribution < 1.29 is 14.7 Å². The van der Waals surface area contributed by atoms with Crippen LogP contribution in [0.15, 0.2) is 0 Å². The van der Waals surface area contributed by atoms with Crippen LogP contribution < -0.4 is 5.32 Å². The van der Waals surface area contributed by atoms with Gasteiger partial charge >= 0.3 is 5.97 Å². The van der Waals surface area contributed by atoms with Gasteiger partial charge in [0.15, 0.2) is 0 Å². The Hall–Kier alpha value is -1.06. The lowest BCUT2D eigenvalue weighted by Gasteiger charge is -2.16. The van der Waals surface area contributed by atoms with E-state index in [4.69, 9.17) is 5.11 Å². The number of aliphatic carboxylic acids is 1. The van der Waals surface area contributed by atoms with E-state index in [-0.39, 0.29) is 11.8 Å². The Labute approximate surface area is 77.3 Å². The highest BCUT2D eigenvalue weighted by Crippen LogP contribution is 2.24. The number of carboxylic acid groups (broad SMARTS) is 1. The monoisotopic (exact) mass is 185 g/mol. The van der Waals surface area contributed by atoms with Crippen molar-refractivity contribution in [3.63, 3.8) is 0 Å². The Bertz CT molecular complexity index is 225. The molecule has 1 aliphatic heterocycles. The zero-order valence-corrected chi connectivity index (χ0v) is 7.91. The first-order valence-electron chi connectivity index (χ1n) is 4.53. The minimum absolute atomic E-state index is 0.0370. The summed E-state index contributed by atoms with van der Waals surface area (Å²) in [4.78, 5) is 21.7. The molecular weight excluding hydrogens is 170 g/mol. The minimum atomic E-state index is -0.920. The number of rotatable bonds is 3. The van der Waals surface area contributed by atoms with Crippen LogP contribution in [0, 0.1) is 11.8 Å². The van der Waals surface area contributed by atoms with Crippen LogP contribution in [-0.2, 0) is 9.59 Å². The first-order chi connectivity index (χ1) is 6.00. The molecule has 1 heterocycles. The van der Waals surface area contributed by atoms with Crippen molar-refractivity contribution in [2.45, 2.75) is 32.7 Å². The number of carbonyl (C=O) groups is 2. The highest BCUT2D eigenvalue weighted by molar-refractivity contribution is 5.87. The van der Waals surface area contributed by atoms with Gasteiger partial charge in [0.1, 0.15) is 6.04 Å². The second kappa shape index (κ2) is 3.77. The van der Waals surface area contributed by atoms with E-state index in [1.807, 2.05) is 13.8 Å². The van der Waals surface area contributed by atoms with Gasteiger partial charge in [0.05, 0.1) is 0 Å². The van der Waals surface area contributed by atoms with Gasteiger partial charge in [-0.15, -0.1) is 0 Å². The summed E-state index contributed by atoms with van der Waals surface area (Å²) in [6, 6.07) is -0.671. The first-order valence-corrected chi connectivity index (χ1v) is 4.53. The fourth-order valence-electron chi connectivity index (χ4n) is 1.79. The molecule has 4 heteroatoms. The van der Waals surface area contributed by atoms with Crippen LogP contribution in [-0.4, -0.2) is 23.0 Å². The molecule has 0 aromatic rings. The molecule has 13 heavy (non-hydrogen) atoms. The maximum absolute atomic E-state index is 11.0. The molecule has 0 radical (unpaired) electrons. The quantitative estimate of drug-likeness (QED) is 0.677. The normalized spacial score (nSPS) is 27.8. The summed E-state index contributed by atoms with van der Waals surface area (Å²) in [5.74, 6) is -0.667. The molecule has 2 unspecified atom stereocenters. The van der Waals surface area contributed by atoms with E-state index >= 15 is 0 Å². The third-order valence-electron chi connectivity index (χ3n) is 2.28. The van der Waals surface area contributed by atoms with Gasteiger partial charge in [0.2, 0.25) is 5.91 Å². The zero-order valence-electron chi connectivity index (χ0n) is 7.91. The van der Waals surface area contributed by atoms with Crippen molar-refractivity contribution in [2.24, 2.45) is 11.8 Å². The Morgan fingerprint density at radius 2 is 2.31 bits per heavy atom. The lowest BCUT2D eigenvalue weighted by molar-refractivity contribution is -0.141. The van der Waals surface area contributed by atoms with Crippen molar-refractivity contribution in [3.05, 3.63) is 0 Å². The van der Waals surface area contributed by atoms with Gasteiger partial charge in [0.25, 0.3) is 0 Å². The molecule has 4 nitrogen and oxygen atoms in total. The summed E-state index contributed by atoms with van der Waals surface area (Å²) in [5, 5.41) is 11.3. The Morgan fingerprint density at radius 3 is 2.77 bits per heavy atom. The van der Waals surface area contributed by atoms with Crippen LogP contribution in [0.4, 0.5) is 0 Å². The molecule has 2 atom stereocenters. The van der Waals surface area contributed by atoms with Crippen LogP contribution in [0.25, 0.3) is 0 Å². The molecule has 0 spiro atoms. The van der Waals surface area contributed by atoms with Gasteiger partial charge in [-0.05, 0) is 18.3 Å². The van der Waals surface area contributed by atoms with Crippen molar-refractivity contribution in [3.8, 4) is 0 Å². The van der Waals surface area contributed by atoms with E-state index in [2.05, 4.69) is 5.32 Å². The number of carboxylic acids is 1. The van der Waals surface area contributed by atoms with Crippen LogP contribution in [0.3, 0.4) is 0 Å². The average Bonchev–Trinajstić information content (AvgIpc) is 2.29. The number of hydrogen-bond acceptors (Lipinski definition) is 2. The molecule has 1 amide bonds. The fourth-order valence-corrected chi connectivity index (χ4v) is 1.79. The van der Waals surface area contributed by atoms with E-state index in [0.29, 0.717) is 12.3 Å². The molecule has 74 valence electrons. The Balaban J connectivity index is 2.60. The molecule has 1 fully saturated rings. The molecule has 0 saturated carbocycles. The molecule has 0 aromatic carbocycles. The second-order valence-electron chi connectivity index (χ2n) is 3.98. The predicted octanol–water partition coefficient (Wildman–Crippen LogP) is 0.622. The lowest BCUT2D eigenvalue weighted by atomic mass is 9.91. The molecule has 0 aromatic heterocycles. The maximum Gasteiger partial charge on any atom is 0.326 e. The molecule has 1 aliphatic rings.